The first-order chi connectivity index (χ1) is 18.3. The Morgan fingerprint density at radius 1 is 1.08 bits per heavy atom. The van der Waals surface area contributed by atoms with Crippen LogP contribution in [-0.4, -0.2) is 50.3 Å². The van der Waals surface area contributed by atoms with Crippen LogP contribution in [0.3, 0.4) is 0 Å². The van der Waals surface area contributed by atoms with Gasteiger partial charge in [-0.05, 0) is 64.7 Å². The molecule has 0 saturated carbocycles. The monoisotopic (exact) mass is 517 g/mol. The van der Waals surface area contributed by atoms with E-state index in [4.69, 9.17) is 28.5 Å². The van der Waals surface area contributed by atoms with Crippen LogP contribution in [0.5, 0.6) is 5.75 Å². The van der Waals surface area contributed by atoms with E-state index in [9.17, 15) is 5.11 Å². The minimum absolute atomic E-state index is 0.188. The Morgan fingerprint density at radius 3 is 2.50 bits per heavy atom. The average molecular weight is 518 g/mol. The molecule has 6 heterocycles. The first-order valence-corrected chi connectivity index (χ1v) is 12.8. The fourth-order valence-corrected chi connectivity index (χ4v) is 5.62. The van der Waals surface area contributed by atoms with E-state index in [0.29, 0.717) is 41.3 Å². The number of nitrogens with zero attached hydrogens (tertiary/aromatic N) is 5. The topological polar surface area (TPSA) is 121 Å². The number of pyridine rings is 2. The molecule has 0 aromatic carbocycles. The lowest BCUT2D eigenvalue weighted by Crippen LogP contribution is -2.28. The second-order valence-corrected chi connectivity index (χ2v) is 10.4. The Labute approximate surface area is 219 Å². The Kier molecular flexibility index (Phi) is 5.96. The summed E-state index contributed by atoms with van der Waals surface area (Å²) in [5, 5.41) is 19.6. The summed E-state index contributed by atoms with van der Waals surface area (Å²) in [5.41, 5.74) is 5.46. The predicted molar refractivity (Wildman–Crippen MR) is 140 cm³/mol. The molecule has 0 spiro atoms. The molecular weight excluding hydrogens is 486 g/mol. The van der Waals surface area contributed by atoms with Gasteiger partial charge in [-0.15, -0.1) is 0 Å². The summed E-state index contributed by atoms with van der Waals surface area (Å²) in [6.45, 7) is 8.58. The minimum atomic E-state index is -1.24. The molecule has 1 fully saturated rings. The van der Waals surface area contributed by atoms with Crippen molar-refractivity contribution in [2.24, 2.45) is 5.92 Å². The lowest BCUT2D eigenvalue weighted by Gasteiger charge is -2.32. The van der Waals surface area contributed by atoms with Crippen molar-refractivity contribution in [1.82, 2.24) is 24.8 Å². The van der Waals surface area contributed by atoms with Crippen molar-refractivity contribution in [3.8, 4) is 16.9 Å². The molecule has 5 aromatic heterocycles. The zero-order valence-electron chi connectivity index (χ0n) is 22.2. The zero-order valence-corrected chi connectivity index (χ0v) is 22.2. The molecule has 10 heteroatoms. The van der Waals surface area contributed by atoms with Gasteiger partial charge in [0.1, 0.15) is 33.8 Å². The van der Waals surface area contributed by atoms with Crippen molar-refractivity contribution in [3.05, 3.63) is 53.4 Å². The number of aryl methyl sites for hydroxylation is 2. The van der Waals surface area contributed by atoms with Crippen LogP contribution in [0.25, 0.3) is 33.3 Å². The van der Waals surface area contributed by atoms with Crippen LogP contribution in [-0.2, 0) is 10.3 Å². The Balaban J connectivity index is 1.68. The molecule has 0 radical (unpaired) electrons. The van der Waals surface area contributed by atoms with Crippen molar-refractivity contribution in [3.63, 3.8) is 0 Å². The molecule has 1 saturated heterocycles. The number of hydrogen-bond acceptors (Lipinski definition) is 9. The maximum absolute atomic E-state index is 11.1. The zero-order chi connectivity index (χ0) is 26.6. The molecule has 38 heavy (non-hydrogen) atoms. The van der Waals surface area contributed by atoms with Crippen LogP contribution in [0, 0.1) is 19.8 Å². The second kappa shape index (κ2) is 9.21. The highest BCUT2D eigenvalue weighted by Crippen LogP contribution is 2.43. The third kappa shape index (κ3) is 3.95. The Bertz CT molecular complexity index is 1580. The highest BCUT2D eigenvalue weighted by Gasteiger charge is 2.36. The molecule has 1 aliphatic rings. The summed E-state index contributed by atoms with van der Waals surface area (Å²) in [4.78, 5) is 9.67. The van der Waals surface area contributed by atoms with Crippen LogP contribution in [0.15, 0.2) is 39.6 Å². The first-order valence-electron chi connectivity index (χ1n) is 12.8. The van der Waals surface area contributed by atoms with E-state index >= 15 is 0 Å². The lowest BCUT2D eigenvalue weighted by molar-refractivity contribution is 0.0542. The van der Waals surface area contributed by atoms with Crippen LogP contribution in [0.1, 0.15) is 55.6 Å². The molecule has 1 N–H and O–H groups in total. The molecule has 6 rings (SSSR count). The molecule has 198 valence electrons. The number of methoxy groups -OCH3 is 1. The normalized spacial score (nSPS) is 15.9. The highest BCUT2D eigenvalue weighted by atomic mass is 16.5. The standard InChI is InChI=1S/C28H31N5O5/c1-15-22(16(2)37-31-15)18-12-21-23(30-13-18)26-25(27(32-38-26)28(3,4)34)33(21)24(17-8-10-36-11-9-17)20-7-6-19(35-5)14-29-20/h6-7,12-14,17,24,34H,8-11H2,1-5H3. The van der Waals surface area contributed by atoms with E-state index in [2.05, 4.69) is 20.9 Å². The largest absolute Gasteiger partial charge is 0.495 e. The van der Waals surface area contributed by atoms with Gasteiger partial charge in [-0.25, -0.2) is 4.98 Å². The van der Waals surface area contributed by atoms with Crippen LogP contribution < -0.4 is 4.74 Å². The second-order valence-electron chi connectivity index (χ2n) is 10.4. The highest BCUT2D eigenvalue weighted by molar-refractivity contribution is 6.04. The molecule has 0 bridgehead atoms. The van der Waals surface area contributed by atoms with Gasteiger partial charge in [0, 0.05) is 30.5 Å². The summed E-state index contributed by atoms with van der Waals surface area (Å²) in [6, 6.07) is 5.83. The van der Waals surface area contributed by atoms with Crippen molar-refractivity contribution in [2.45, 2.75) is 52.2 Å². The van der Waals surface area contributed by atoms with E-state index in [1.54, 1.807) is 33.4 Å². The number of aromatic nitrogens is 5. The quantitative estimate of drug-likeness (QED) is 0.328. The number of ether oxygens (including phenoxy) is 2. The van der Waals surface area contributed by atoms with Gasteiger partial charge >= 0.3 is 0 Å². The van der Waals surface area contributed by atoms with Crippen LogP contribution >= 0.6 is 0 Å². The Hall–Kier alpha value is -3.76. The van der Waals surface area contributed by atoms with Gasteiger partial charge < -0.3 is 28.2 Å². The Morgan fingerprint density at radius 2 is 1.87 bits per heavy atom. The van der Waals surface area contributed by atoms with E-state index in [1.807, 2.05) is 26.0 Å². The average Bonchev–Trinajstić information content (AvgIpc) is 3.58. The van der Waals surface area contributed by atoms with Crippen LogP contribution in [0.4, 0.5) is 0 Å². The molecule has 1 unspecified atom stereocenters. The number of hydrogen-bond donors (Lipinski definition) is 1. The predicted octanol–water partition coefficient (Wildman–Crippen LogP) is 5.10. The van der Waals surface area contributed by atoms with E-state index < -0.39 is 5.60 Å². The number of aliphatic hydroxyl groups is 1. The third-order valence-corrected chi connectivity index (χ3v) is 7.44. The molecule has 1 atom stereocenters. The summed E-state index contributed by atoms with van der Waals surface area (Å²) < 4.78 is 24.6. The summed E-state index contributed by atoms with van der Waals surface area (Å²) in [5.74, 6) is 1.63. The molecule has 1 aliphatic heterocycles. The number of fused-ring (bicyclic) bond motifs is 3. The smallest absolute Gasteiger partial charge is 0.211 e. The van der Waals surface area contributed by atoms with Crippen LogP contribution in [0.2, 0.25) is 0 Å². The van der Waals surface area contributed by atoms with Gasteiger partial charge in [-0.3, -0.25) is 4.98 Å². The summed E-state index contributed by atoms with van der Waals surface area (Å²) >= 11 is 0. The van der Waals surface area contributed by atoms with Gasteiger partial charge in [0.05, 0.1) is 36.3 Å². The summed E-state index contributed by atoms with van der Waals surface area (Å²) in [7, 11) is 1.63. The van der Waals surface area contributed by atoms with Crippen molar-refractivity contribution < 1.29 is 23.6 Å². The van der Waals surface area contributed by atoms with E-state index in [1.165, 1.54) is 0 Å². The number of rotatable bonds is 6. The molecular formula is C28H31N5O5. The van der Waals surface area contributed by atoms with Gasteiger partial charge in [0.2, 0.25) is 5.58 Å². The molecule has 0 aliphatic carbocycles. The van der Waals surface area contributed by atoms with Gasteiger partial charge in [0.25, 0.3) is 0 Å². The van der Waals surface area contributed by atoms with Gasteiger partial charge in [-0.1, -0.05) is 10.3 Å². The molecule has 0 amide bonds. The minimum Gasteiger partial charge on any atom is -0.495 e. The van der Waals surface area contributed by atoms with Gasteiger partial charge in [-0.2, -0.15) is 0 Å². The van der Waals surface area contributed by atoms with Gasteiger partial charge in [0.15, 0.2) is 0 Å². The molecule has 5 aromatic rings. The third-order valence-electron chi connectivity index (χ3n) is 7.44. The maximum Gasteiger partial charge on any atom is 0.211 e. The van der Waals surface area contributed by atoms with E-state index in [0.717, 1.165) is 46.6 Å². The van der Waals surface area contributed by atoms with Crippen molar-refractivity contribution >= 4 is 22.1 Å². The van der Waals surface area contributed by atoms with Crippen molar-refractivity contribution in [2.75, 3.05) is 20.3 Å². The van der Waals surface area contributed by atoms with Crippen molar-refractivity contribution in [1.29, 1.82) is 0 Å². The molecule has 10 nitrogen and oxygen atoms in total. The van der Waals surface area contributed by atoms with E-state index in [-0.39, 0.29) is 12.0 Å². The first kappa shape index (κ1) is 24.6. The lowest BCUT2D eigenvalue weighted by atomic mass is 9.88. The SMILES string of the molecule is COc1ccc(C(C2CCOCC2)n2c3cc(-c4c(C)noc4C)cnc3c3onc(C(C)(C)O)c32)nc1. The maximum atomic E-state index is 11.1. The fraction of sp³-hybridized carbons (Fsp3) is 0.429. The fourth-order valence-electron chi connectivity index (χ4n) is 5.62. The summed E-state index contributed by atoms with van der Waals surface area (Å²) in [6.07, 6.45) is 5.27.